The zero-order valence-corrected chi connectivity index (χ0v) is 16.6. The molecule has 5 nitrogen and oxygen atoms in total. The van der Waals surface area contributed by atoms with Gasteiger partial charge in [0.05, 0.1) is 4.90 Å². The monoisotopic (exact) mass is 386 g/mol. The molecule has 0 spiro atoms. The van der Waals surface area contributed by atoms with E-state index >= 15 is 0 Å². The van der Waals surface area contributed by atoms with Gasteiger partial charge in [-0.05, 0) is 56.5 Å². The second-order valence-corrected chi connectivity index (χ2v) is 9.04. The summed E-state index contributed by atoms with van der Waals surface area (Å²) in [5.74, 6) is -0.217. The summed E-state index contributed by atoms with van der Waals surface area (Å²) in [6.45, 7) is 4.96. The Hall–Kier alpha value is -2.18. The third kappa shape index (κ3) is 4.57. The fourth-order valence-corrected chi connectivity index (χ4v) is 5.03. The van der Waals surface area contributed by atoms with E-state index in [4.69, 9.17) is 0 Å². The lowest BCUT2D eigenvalue weighted by Gasteiger charge is -2.32. The highest BCUT2D eigenvalue weighted by Gasteiger charge is 2.30. The first-order valence-electron chi connectivity index (χ1n) is 9.33. The van der Waals surface area contributed by atoms with E-state index in [-0.39, 0.29) is 16.8 Å². The summed E-state index contributed by atoms with van der Waals surface area (Å²) in [7, 11) is -3.51. The minimum Gasteiger partial charge on any atom is -0.348 e. The summed E-state index contributed by atoms with van der Waals surface area (Å²) in [5, 5.41) is 2.86. The van der Waals surface area contributed by atoms with Gasteiger partial charge in [0.2, 0.25) is 10.0 Å². The van der Waals surface area contributed by atoms with Crippen molar-refractivity contribution < 1.29 is 13.2 Å². The summed E-state index contributed by atoms with van der Waals surface area (Å²) in [6, 6.07) is 14.2. The minimum atomic E-state index is -3.51. The van der Waals surface area contributed by atoms with E-state index in [1.54, 1.807) is 16.4 Å². The summed E-state index contributed by atoms with van der Waals surface area (Å²) >= 11 is 0. The van der Waals surface area contributed by atoms with Crippen LogP contribution in [0, 0.1) is 6.92 Å². The van der Waals surface area contributed by atoms with E-state index in [1.165, 1.54) is 17.7 Å². The summed E-state index contributed by atoms with van der Waals surface area (Å²) in [4.78, 5) is 12.6. The van der Waals surface area contributed by atoms with Crippen molar-refractivity contribution in [2.24, 2.45) is 0 Å². The minimum absolute atomic E-state index is 0.0150. The molecule has 2 aromatic carbocycles. The van der Waals surface area contributed by atoms with Crippen molar-refractivity contribution in [3.8, 4) is 0 Å². The number of amides is 1. The molecule has 144 valence electrons. The average molecular weight is 387 g/mol. The number of aryl methyl sites for hydroxylation is 1. The van der Waals surface area contributed by atoms with Crippen LogP contribution in [0.25, 0.3) is 0 Å². The van der Waals surface area contributed by atoms with Crippen LogP contribution in [-0.2, 0) is 16.6 Å². The van der Waals surface area contributed by atoms with E-state index in [0.717, 1.165) is 24.8 Å². The molecule has 0 unspecified atom stereocenters. The molecule has 1 atom stereocenters. The molecular formula is C21H26N2O3S. The molecule has 27 heavy (non-hydrogen) atoms. The molecule has 3 rings (SSSR count). The average Bonchev–Trinajstić information content (AvgIpc) is 2.67. The normalized spacial score (nSPS) is 18.2. The van der Waals surface area contributed by atoms with E-state index in [9.17, 15) is 13.2 Å². The van der Waals surface area contributed by atoms with Crippen molar-refractivity contribution in [1.82, 2.24) is 9.62 Å². The highest BCUT2D eigenvalue weighted by Crippen LogP contribution is 2.25. The molecule has 0 saturated carbocycles. The molecule has 1 aliphatic heterocycles. The molecule has 0 aromatic heterocycles. The predicted octanol–water partition coefficient (Wildman–Crippen LogP) is 3.49. The largest absolute Gasteiger partial charge is 0.348 e. The molecule has 0 bridgehead atoms. The maximum absolute atomic E-state index is 12.8. The van der Waals surface area contributed by atoms with Crippen molar-refractivity contribution in [3.05, 3.63) is 65.2 Å². The van der Waals surface area contributed by atoms with Gasteiger partial charge in [-0.1, -0.05) is 36.2 Å². The van der Waals surface area contributed by atoms with Gasteiger partial charge in [-0.3, -0.25) is 4.79 Å². The quantitative estimate of drug-likeness (QED) is 0.855. The smallest absolute Gasteiger partial charge is 0.251 e. The Morgan fingerprint density at radius 2 is 1.74 bits per heavy atom. The van der Waals surface area contributed by atoms with Gasteiger partial charge in [0, 0.05) is 24.7 Å². The highest BCUT2D eigenvalue weighted by molar-refractivity contribution is 7.89. The zero-order valence-electron chi connectivity index (χ0n) is 15.8. The van der Waals surface area contributed by atoms with Gasteiger partial charge >= 0.3 is 0 Å². The van der Waals surface area contributed by atoms with E-state index in [2.05, 4.69) is 5.32 Å². The van der Waals surface area contributed by atoms with E-state index < -0.39 is 10.0 Å². The maximum atomic E-state index is 12.8. The Labute approximate surface area is 161 Å². The molecule has 6 heteroatoms. The lowest BCUT2D eigenvalue weighted by Crippen LogP contribution is -2.41. The van der Waals surface area contributed by atoms with Crippen LogP contribution < -0.4 is 5.32 Å². The van der Waals surface area contributed by atoms with Crippen LogP contribution in [0.15, 0.2) is 53.4 Å². The molecule has 2 aromatic rings. The van der Waals surface area contributed by atoms with Crippen molar-refractivity contribution in [2.75, 3.05) is 6.54 Å². The number of benzene rings is 2. The van der Waals surface area contributed by atoms with Crippen LogP contribution in [0.4, 0.5) is 0 Å². The molecule has 1 fully saturated rings. The second kappa shape index (κ2) is 8.23. The number of carbonyl (C=O) groups is 1. The van der Waals surface area contributed by atoms with Gasteiger partial charge in [0.25, 0.3) is 5.91 Å². The number of hydrogen-bond acceptors (Lipinski definition) is 3. The van der Waals surface area contributed by atoms with Crippen molar-refractivity contribution in [2.45, 2.75) is 50.6 Å². The third-order valence-corrected chi connectivity index (χ3v) is 7.07. The van der Waals surface area contributed by atoms with Gasteiger partial charge in [-0.15, -0.1) is 0 Å². The fraction of sp³-hybridized carbons (Fsp3) is 0.381. The number of carbonyl (C=O) groups excluding carboxylic acids is 1. The SMILES string of the molecule is Cc1ccc(CNC(=O)c2ccc(S(=O)(=O)N3CCCC[C@@H]3C)cc2)cc1. The van der Waals surface area contributed by atoms with Crippen molar-refractivity contribution in [3.63, 3.8) is 0 Å². The van der Waals surface area contributed by atoms with Gasteiger partial charge in [-0.2, -0.15) is 4.31 Å². The van der Waals surface area contributed by atoms with Gasteiger partial charge in [0.15, 0.2) is 0 Å². The predicted molar refractivity (Wildman–Crippen MR) is 106 cm³/mol. The number of nitrogens with zero attached hydrogens (tertiary/aromatic N) is 1. The third-order valence-electron chi connectivity index (χ3n) is 5.04. The second-order valence-electron chi connectivity index (χ2n) is 7.15. The molecule has 0 aliphatic carbocycles. The number of piperidine rings is 1. The Balaban J connectivity index is 1.67. The molecule has 1 amide bonds. The molecule has 1 N–H and O–H groups in total. The maximum Gasteiger partial charge on any atom is 0.251 e. The zero-order chi connectivity index (χ0) is 19.4. The molecule has 1 saturated heterocycles. The number of nitrogens with one attached hydrogen (secondary N) is 1. The Morgan fingerprint density at radius 3 is 2.37 bits per heavy atom. The lowest BCUT2D eigenvalue weighted by molar-refractivity contribution is 0.0951. The van der Waals surface area contributed by atoms with Crippen molar-refractivity contribution >= 4 is 15.9 Å². The first kappa shape index (κ1) is 19.6. The first-order valence-corrected chi connectivity index (χ1v) is 10.8. The number of hydrogen-bond donors (Lipinski definition) is 1. The first-order chi connectivity index (χ1) is 12.9. The van der Waals surface area contributed by atoms with Gasteiger partial charge in [0.1, 0.15) is 0 Å². The Morgan fingerprint density at radius 1 is 1.07 bits per heavy atom. The Kier molecular flexibility index (Phi) is 5.97. The standard InChI is InChI=1S/C21H26N2O3S/c1-16-6-8-18(9-7-16)15-22-21(24)19-10-12-20(13-11-19)27(25,26)23-14-4-3-5-17(23)2/h6-13,17H,3-5,14-15H2,1-2H3,(H,22,24)/t17-/m0/s1. The molecule has 1 aliphatic rings. The molecule has 0 radical (unpaired) electrons. The van der Waals surface area contributed by atoms with Crippen LogP contribution in [0.2, 0.25) is 0 Å². The van der Waals surface area contributed by atoms with Crippen LogP contribution in [-0.4, -0.2) is 31.2 Å². The Bertz CT molecular complexity index is 890. The summed E-state index contributed by atoms with van der Waals surface area (Å²) < 4.78 is 27.3. The van der Waals surface area contributed by atoms with Crippen LogP contribution >= 0.6 is 0 Å². The van der Waals surface area contributed by atoms with Crippen LogP contribution in [0.1, 0.15) is 47.7 Å². The van der Waals surface area contributed by atoms with Crippen LogP contribution in [0.3, 0.4) is 0 Å². The van der Waals surface area contributed by atoms with Gasteiger partial charge < -0.3 is 5.32 Å². The summed E-state index contributed by atoms with van der Waals surface area (Å²) in [5.41, 5.74) is 2.64. The topological polar surface area (TPSA) is 66.5 Å². The van der Waals surface area contributed by atoms with Gasteiger partial charge in [-0.25, -0.2) is 8.42 Å². The highest BCUT2D eigenvalue weighted by atomic mass is 32.2. The molecular weight excluding hydrogens is 360 g/mol. The lowest BCUT2D eigenvalue weighted by atomic mass is 10.1. The fourth-order valence-electron chi connectivity index (χ4n) is 3.33. The summed E-state index contributed by atoms with van der Waals surface area (Å²) in [6.07, 6.45) is 2.84. The number of rotatable bonds is 5. The van der Waals surface area contributed by atoms with E-state index in [1.807, 2.05) is 38.1 Å². The van der Waals surface area contributed by atoms with Crippen molar-refractivity contribution in [1.29, 1.82) is 0 Å². The van der Waals surface area contributed by atoms with E-state index in [0.29, 0.717) is 18.7 Å². The number of sulfonamides is 1. The molecule has 1 heterocycles. The van der Waals surface area contributed by atoms with Crippen LogP contribution in [0.5, 0.6) is 0 Å².